The van der Waals surface area contributed by atoms with Gasteiger partial charge in [0, 0.05) is 12.6 Å². The minimum absolute atomic E-state index is 0.0342. The Morgan fingerprint density at radius 1 is 1.35 bits per heavy atom. The molecular weight excluding hydrogens is 233 g/mol. The van der Waals surface area contributed by atoms with E-state index in [2.05, 4.69) is 0 Å². The van der Waals surface area contributed by atoms with Gasteiger partial charge in [-0.25, -0.2) is 0 Å². The molecule has 1 fully saturated rings. The Bertz CT molecular complexity index is 221. The first-order valence-electron chi connectivity index (χ1n) is 6.14. The fourth-order valence-corrected chi connectivity index (χ4v) is 2.57. The highest BCUT2D eigenvalue weighted by molar-refractivity contribution is 4.87. The summed E-state index contributed by atoms with van der Waals surface area (Å²) in [5.74, 6) is 0. The first-order chi connectivity index (χ1) is 8.00. The Morgan fingerprint density at radius 2 is 2.06 bits per heavy atom. The fourth-order valence-electron chi connectivity index (χ4n) is 2.57. The van der Waals surface area contributed by atoms with Gasteiger partial charge in [-0.1, -0.05) is 6.42 Å². The van der Waals surface area contributed by atoms with E-state index in [1.807, 2.05) is 0 Å². The lowest BCUT2D eigenvalue weighted by Gasteiger charge is -2.41. The van der Waals surface area contributed by atoms with E-state index >= 15 is 0 Å². The zero-order valence-corrected chi connectivity index (χ0v) is 9.92. The topological polar surface area (TPSA) is 49.5 Å². The summed E-state index contributed by atoms with van der Waals surface area (Å²) in [7, 11) is 0. The van der Waals surface area contributed by atoms with Crippen molar-refractivity contribution in [1.82, 2.24) is 4.90 Å². The molecule has 0 amide bonds. The summed E-state index contributed by atoms with van der Waals surface area (Å²) in [5.41, 5.74) is 5.28. The second-order valence-corrected chi connectivity index (χ2v) is 4.53. The molecule has 1 saturated heterocycles. The van der Waals surface area contributed by atoms with Crippen molar-refractivity contribution in [1.29, 1.82) is 0 Å². The van der Waals surface area contributed by atoms with Crippen molar-refractivity contribution in [3.63, 3.8) is 0 Å². The van der Waals surface area contributed by atoms with Crippen molar-refractivity contribution in [2.75, 3.05) is 19.7 Å². The second-order valence-electron chi connectivity index (χ2n) is 4.53. The Hall–Kier alpha value is -0.330. The van der Waals surface area contributed by atoms with E-state index in [9.17, 15) is 13.2 Å². The maximum atomic E-state index is 12.9. The predicted octanol–water partition coefficient (Wildman–Crippen LogP) is 1.50. The summed E-state index contributed by atoms with van der Waals surface area (Å²) in [6, 6.07) is -1.61. The maximum absolute atomic E-state index is 12.9. The zero-order chi connectivity index (χ0) is 12.9. The Balaban J connectivity index is 2.74. The molecule has 0 spiro atoms. The Kier molecular flexibility index (Phi) is 5.69. The molecule has 1 aliphatic heterocycles. The van der Waals surface area contributed by atoms with Crippen molar-refractivity contribution in [3.8, 4) is 0 Å². The molecule has 0 aromatic heterocycles. The Labute approximate surface area is 99.8 Å². The van der Waals surface area contributed by atoms with Gasteiger partial charge in [-0.3, -0.25) is 4.90 Å². The van der Waals surface area contributed by atoms with Gasteiger partial charge in [0.25, 0.3) is 0 Å². The van der Waals surface area contributed by atoms with Crippen molar-refractivity contribution in [2.45, 2.75) is 50.4 Å². The lowest BCUT2D eigenvalue weighted by Crippen LogP contribution is -2.53. The number of aliphatic hydroxyl groups is 1. The number of hydrogen-bond donors (Lipinski definition) is 2. The minimum Gasteiger partial charge on any atom is -0.396 e. The van der Waals surface area contributed by atoms with E-state index in [4.69, 9.17) is 10.8 Å². The van der Waals surface area contributed by atoms with E-state index in [0.717, 1.165) is 19.3 Å². The van der Waals surface area contributed by atoms with Gasteiger partial charge in [-0.05, 0) is 38.8 Å². The van der Waals surface area contributed by atoms with Gasteiger partial charge in [0.05, 0.1) is 0 Å². The number of halogens is 3. The number of piperidine rings is 1. The average molecular weight is 254 g/mol. The van der Waals surface area contributed by atoms with Gasteiger partial charge >= 0.3 is 6.18 Å². The van der Waals surface area contributed by atoms with Gasteiger partial charge < -0.3 is 10.8 Å². The molecule has 0 saturated carbocycles. The highest BCUT2D eigenvalue weighted by Crippen LogP contribution is 2.32. The average Bonchev–Trinajstić information content (AvgIpc) is 2.26. The molecule has 17 heavy (non-hydrogen) atoms. The number of hydrogen-bond acceptors (Lipinski definition) is 3. The Morgan fingerprint density at radius 3 is 2.59 bits per heavy atom. The van der Waals surface area contributed by atoms with Crippen molar-refractivity contribution in [2.24, 2.45) is 5.73 Å². The van der Waals surface area contributed by atoms with E-state index in [-0.39, 0.29) is 25.6 Å². The summed E-state index contributed by atoms with van der Waals surface area (Å²) in [6.45, 7) is 0.426. The predicted molar refractivity (Wildman–Crippen MR) is 59.6 cm³/mol. The molecule has 1 heterocycles. The monoisotopic (exact) mass is 254 g/mol. The smallest absolute Gasteiger partial charge is 0.396 e. The fraction of sp³-hybridized carbons (Fsp3) is 1.00. The van der Waals surface area contributed by atoms with Gasteiger partial charge in [0.15, 0.2) is 0 Å². The van der Waals surface area contributed by atoms with Crippen LogP contribution in [0.1, 0.15) is 32.1 Å². The molecule has 2 unspecified atom stereocenters. The number of aliphatic hydroxyl groups excluding tert-OH is 1. The quantitative estimate of drug-likeness (QED) is 0.781. The van der Waals surface area contributed by atoms with Crippen LogP contribution in [-0.4, -0.2) is 48.0 Å². The third-order valence-electron chi connectivity index (χ3n) is 3.35. The van der Waals surface area contributed by atoms with Gasteiger partial charge in [0.1, 0.15) is 6.04 Å². The van der Waals surface area contributed by atoms with Crippen LogP contribution in [0.2, 0.25) is 0 Å². The van der Waals surface area contributed by atoms with Crippen LogP contribution in [-0.2, 0) is 0 Å². The molecule has 1 rings (SSSR count). The van der Waals surface area contributed by atoms with Gasteiger partial charge in [-0.2, -0.15) is 13.2 Å². The summed E-state index contributed by atoms with van der Waals surface area (Å²) in [6.07, 6.45) is -1.42. The van der Waals surface area contributed by atoms with E-state index in [1.54, 1.807) is 0 Å². The van der Waals surface area contributed by atoms with Crippen LogP contribution in [0, 0.1) is 0 Å². The maximum Gasteiger partial charge on any atom is 0.404 e. The first-order valence-corrected chi connectivity index (χ1v) is 6.14. The van der Waals surface area contributed by atoms with Crippen LogP contribution in [0.4, 0.5) is 13.2 Å². The molecule has 0 aromatic carbocycles. The zero-order valence-electron chi connectivity index (χ0n) is 9.92. The van der Waals surface area contributed by atoms with Gasteiger partial charge in [0.2, 0.25) is 0 Å². The highest BCUT2D eigenvalue weighted by atomic mass is 19.4. The summed E-state index contributed by atoms with van der Waals surface area (Å²) >= 11 is 0. The molecule has 1 aliphatic rings. The molecular formula is C11H21F3N2O. The molecule has 0 aromatic rings. The van der Waals surface area contributed by atoms with Crippen LogP contribution in [0.25, 0.3) is 0 Å². The summed E-state index contributed by atoms with van der Waals surface area (Å²) in [5, 5.41) is 8.92. The summed E-state index contributed by atoms with van der Waals surface area (Å²) in [4.78, 5) is 1.49. The number of alkyl halides is 3. The van der Waals surface area contributed by atoms with Crippen LogP contribution in [0.15, 0.2) is 0 Å². The molecule has 6 heteroatoms. The largest absolute Gasteiger partial charge is 0.404 e. The molecule has 2 atom stereocenters. The van der Waals surface area contributed by atoms with E-state index in [0.29, 0.717) is 13.0 Å². The second kappa shape index (κ2) is 6.56. The molecule has 0 bridgehead atoms. The van der Waals surface area contributed by atoms with Crippen molar-refractivity contribution >= 4 is 0 Å². The van der Waals surface area contributed by atoms with Crippen LogP contribution in [0.5, 0.6) is 0 Å². The number of rotatable bonds is 5. The van der Waals surface area contributed by atoms with Crippen LogP contribution < -0.4 is 5.73 Å². The van der Waals surface area contributed by atoms with Crippen molar-refractivity contribution < 1.29 is 18.3 Å². The third-order valence-corrected chi connectivity index (χ3v) is 3.35. The molecule has 102 valence electrons. The van der Waals surface area contributed by atoms with Crippen LogP contribution >= 0.6 is 0 Å². The number of nitrogens with two attached hydrogens (primary N) is 1. The van der Waals surface area contributed by atoms with E-state index in [1.165, 1.54) is 4.90 Å². The van der Waals surface area contributed by atoms with Gasteiger partial charge in [-0.15, -0.1) is 0 Å². The molecule has 3 N–H and O–H groups in total. The minimum atomic E-state index is -4.23. The lowest BCUT2D eigenvalue weighted by molar-refractivity contribution is -0.194. The lowest BCUT2D eigenvalue weighted by atomic mass is 9.96. The molecule has 0 radical (unpaired) electrons. The normalized spacial score (nSPS) is 24.9. The molecule has 0 aliphatic carbocycles. The number of nitrogens with zero attached hydrogens (tertiary/aromatic N) is 1. The van der Waals surface area contributed by atoms with Crippen molar-refractivity contribution in [3.05, 3.63) is 0 Å². The first kappa shape index (κ1) is 14.7. The van der Waals surface area contributed by atoms with Crippen LogP contribution in [0.3, 0.4) is 0 Å². The summed E-state index contributed by atoms with van der Waals surface area (Å²) < 4.78 is 38.8. The number of likely N-dealkylation sites (tertiary alicyclic amines) is 1. The van der Waals surface area contributed by atoms with E-state index < -0.39 is 12.2 Å². The molecule has 3 nitrogen and oxygen atoms in total. The standard InChI is InChI=1S/C11H21F3N2O/c12-11(13,14)10(4-6-15)16-7-2-1-3-9(16)5-8-17/h9-10,17H,1-8,15H2. The third kappa shape index (κ3) is 4.12. The highest BCUT2D eigenvalue weighted by Gasteiger charge is 2.45. The SMILES string of the molecule is NCCC(N1CCCCC1CCO)C(F)(F)F.